The van der Waals surface area contributed by atoms with Crippen LogP contribution in [0.2, 0.25) is 0 Å². The van der Waals surface area contributed by atoms with Crippen molar-refractivity contribution < 1.29 is 15.0 Å². The minimum atomic E-state index is -0.931. The maximum Gasteiger partial charge on any atom is 0.407 e. The summed E-state index contributed by atoms with van der Waals surface area (Å²) in [6.45, 7) is 8.54. The number of amides is 1. The summed E-state index contributed by atoms with van der Waals surface area (Å²) in [7, 11) is 0. The molecule has 5 N–H and O–H groups in total. The minimum absolute atomic E-state index is 0.0556. The lowest BCUT2D eigenvalue weighted by molar-refractivity contribution is 0.0801. The molecule has 0 saturated carbocycles. The van der Waals surface area contributed by atoms with Gasteiger partial charge in [-0.05, 0) is 12.3 Å². The normalized spacial score (nSPS) is 15.5. The maximum absolute atomic E-state index is 10.5. The first-order valence-electron chi connectivity index (χ1n) is 6.10. The van der Waals surface area contributed by atoms with E-state index in [4.69, 9.17) is 15.9 Å². The Bertz CT molecular complexity index is 448. The largest absolute Gasteiger partial charge is 0.465 e. The van der Waals surface area contributed by atoms with Crippen molar-refractivity contribution in [1.82, 2.24) is 15.1 Å². The van der Waals surface area contributed by atoms with Crippen molar-refractivity contribution in [3.05, 3.63) is 11.3 Å². The van der Waals surface area contributed by atoms with Crippen molar-refractivity contribution in [1.29, 1.82) is 0 Å². The summed E-state index contributed by atoms with van der Waals surface area (Å²) in [5.74, 6) is 0.397. The number of nitrogens with one attached hydrogen (secondary N) is 1. The van der Waals surface area contributed by atoms with Crippen LogP contribution in [-0.2, 0) is 13.1 Å². The molecule has 2 rings (SSSR count). The molecule has 1 aromatic heterocycles. The van der Waals surface area contributed by atoms with E-state index >= 15 is 0 Å². The summed E-state index contributed by atoms with van der Waals surface area (Å²) in [6.07, 6.45) is -1.13. The van der Waals surface area contributed by atoms with E-state index in [0.29, 0.717) is 18.9 Å². The molecule has 7 heteroatoms. The highest BCUT2D eigenvalue weighted by Crippen LogP contribution is 2.24. The second-order valence-corrected chi connectivity index (χ2v) is 5.75. The van der Waals surface area contributed by atoms with E-state index in [1.54, 1.807) is 6.92 Å². The first-order valence-corrected chi connectivity index (χ1v) is 6.10. The predicted molar refractivity (Wildman–Crippen MR) is 71.4 cm³/mol. The van der Waals surface area contributed by atoms with Gasteiger partial charge in [-0.25, -0.2) is 4.79 Å². The molecule has 0 spiro atoms. The van der Waals surface area contributed by atoms with Crippen LogP contribution in [-0.4, -0.2) is 37.5 Å². The van der Waals surface area contributed by atoms with Crippen molar-refractivity contribution in [2.24, 2.45) is 5.41 Å². The lowest BCUT2D eigenvalue weighted by atomic mass is 9.91. The van der Waals surface area contributed by atoms with Gasteiger partial charge in [0.2, 0.25) is 0 Å². The van der Waals surface area contributed by atoms with Gasteiger partial charge in [-0.2, -0.15) is 5.10 Å². The highest BCUT2D eigenvalue weighted by atomic mass is 16.4. The van der Waals surface area contributed by atoms with Crippen LogP contribution >= 0.6 is 0 Å². The van der Waals surface area contributed by atoms with Crippen LogP contribution in [0.4, 0.5) is 10.6 Å². The second kappa shape index (κ2) is 5.48. The van der Waals surface area contributed by atoms with Gasteiger partial charge >= 0.3 is 6.09 Å². The molecule has 1 atom stereocenters. The van der Waals surface area contributed by atoms with E-state index in [2.05, 4.69) is 10.2 Å². The van der Waals surface area contributed by atoms with Gasteiger partial charge in [0.15, 0.2) is 5.82 Å². The van der Waals surface area contributed by atoms with Crippen molar-refractivity contribution in [2.45, 2.75) is 46.9 Å². The molecule has 1 unspecified atom stereocenters. The van der Waals surface area contributed by atoms with E-state index in [0.717, 1.165) is 11.3 Å². The molecule has 0 bridgehead atoms. The molecule has 1 aliphatic rings. The number of hydrogen-bond donors (Lipinski definition) is 4. The first kappa shape index (κ1) is 15.3. The van der Waals surface area contributed by atoms with Crippen LogP contribution in [0.3, 0.4) is 0 Å². The number of nitrogen functional groups attached to an aromatic ring is 1. The highest BCUT2D eigenvalue weighted by molar-refractivity contribution is 5.67. The van der Waals surface area contributed by atoms with Crippen LogP contribution in [0.15, 0.2) is 0 Å². The fourth-order valence-corrected chi connectivity index (χ4v) is 1.30. The quantitative estimate of drug-likeness (QED) is 0.568. The molecule has 0 aromatic carbocycles. The van der Waals surface area contributed by atoms with Crippen molar-refractivity contribution in [3.63, 3.8) is 0 Å². The van der Waals surface area contributed by atoms with Crippen LogP contribution in [0.1, 0.15) is 39.0 Å². The summed E-state index contributed by atoms with van der Waals surface area (Å²) in [4.78, 5) is 11.8. The first-order chi connectivity index (χ1) is 8.62. The number of aromatic nitrogens is 2. The van der Waals surface area contributed by atoms with Gasteiger partial charge in [0, 0.05) is 5.56 Å². The molecule has 1 aromatic rings. The zero-order valence-electron chi connectivity index (χ0n) is 11.8. The number of rotatable bonds is 0. The number of H-pyrrole nitrogens is 1. The van der Waals surface area contributed by atoms with Gasteiger partial charge in [0.05, 0.1) is 24.9 Å². The molecule has 0 aliphatic carbocycles. The third-order valence-corrected chi connectivity index (χ3v) is 3.21. The topological polar surface area (TPSA) is 115 Å². The molecular formula is C12H22N4O3. The smallest absolute Gasteiger partial charge is 0.407 e. The van der Waals surface area contributed by atoms with Gasteiger partial charge in [-0.1, -0.05) is 20.8 Å². The number of carboxylic acid groups (broad SMARTS) is 1. The second-order valence-electron chi connectivity index (χ2n) is 5.75. The third kappa shape index (κ3) is 3.85. The number of fused-ring (bicyclic) bond motifs is 1. The Balaban J connectivity index is 0.000000224. The van der Waals surface area contributed by atoms with E-state index in [-0.39, 0.29) is 11.5 Å². The third-order valence-electron chi connectivity index (χ3n) is 3.21. The molecule has 19 heavy (non-hydrogen) atoms. The van der Waals surface area contributed by atoms with Crippen LogP contribution in [0.25, 0.3) is 0 Å². The van der Waals surface area contributed by atoms with Crippen LogP contribution in [0.5, 0.6) is 0 Å². The number of aromatic amines is 1. The van der Waals surface area contributed by atoms with Gasteiger partial charge < -0.3 is 15.9 Å². The van der Waals surface area contributed by atoms with Gasteiger partial charge in [0.25, 0.3) is 0 Å². The van der Waals surface area contributed by atoms with Gasteiger partial charge in [-0.3, -0.25) is 10.00 Å². The summed E-state index contributed by atoms with van der Waals surface area (Å²) < 4.78 is 0. The lowest BCUT2D eigenvalue weighted by Crippen LogP contribution is -2.23. The van der Waals surface area contributed by atoms with E-state index in [9.17, 15) is 4.79 Å². The Kier molecular flexibility index (Phi) is 4.41. The number of nitrogens with two attached hydrogens (primary N) is 1. The number of carbonyl (C=O) groups is 1. The number of aliphatic hydroxyl groups excluding tert-OH is 1. The number of hydrogen-bond acceptors (Lipinski definition) is 4. The zero-order chi connectivity index (χ0) is 14.8. The van der Waals surface area contributed by atoms with Crippen LogP contribution < -0.4 is 5.73 Å². The number of nitrogens with zero attached hydrogens (tertiary/aromatic N) is 2. The SMILES string of the molecule is CC(O)C(C)(C)C.Nc1n[nH]c2c1CN(C(=O)O)C2. The Morgan fingerprint density at radius 1 is 1.47 bits per heavy atom. The zero-order valence-corrected chi connectivity index (χ0v) is 11.8. The summed E-state index contributed by atoms with van der Waals surface area (Å²) in [5, 5.41) is 24.0. The average Bonchev–Trinajstić information content (AvgIpc) is 2.81. The van der Waals surface area contributed by atoms with Crippen molar-refractivity contribution >= 4 is 11.9 Å². The highest BCUT2D eigenvalue weighted by Gasteiger charge is 2.26. The molecule has 0 saturated heterocycles. The Labute approximate surface area is 112 Å². The molecule has 0 fully saturated rings. The standard InChI is InChI=1S/C6H8N4O2.C6H14O/c7-5-3-1-10(6(11)12)2-4(3)8-9-5;1-5(7)6(2,3)4/h1-2H2,(H,11,12)(H3,7,8,9);5,7H,1-4H3. The Morgan fingerprint density at radius 3 is 2.37 bits per heavy atom. The minimum Gasteiger partial charge on any atom is -0.465 e. The average molecular weight is 270 g/mol. The van der Waals surface area contributed by atoms with E-state index in [1.165, 1.54) is 4.90 Å². The van der Waals surface area contributed by atoms with E-state index in [1.807, 2.05) is 20.8 Å². The molecule has 0 radical (unpaired) electrons. The maximum atomic E-state index is 10.5. The van der Waals surface area contributed by atoms with Gasteiger partial charge in [-0.15, -0.1) is 0 Å². The summed E-state index contributed by atoms with van der Waals surface area (Å²) in [6, 6.07) is 0. The Morgan fingerprint density at radius 2 is 2.00 bits per heavy atom. The fraction of sp³-hybridized carbons (Fsp3) is 0.667. The molecule has 7 nitrogen and oxygen atoms in total. The van der Waals surface area contributed by atoms with Gasteiger partial charge in [0.1, 0.15) is 0 Å². The summed E-state index contributed by atoms with van der Waals surface area (Å²) in [5.41, 5.74) is 7.15. The molecule has 108 valence electrons. The van der Waals surface area contributed by atoms with Crippen molar-refractivity contribution in [3.8, 4) is 0 Å². The molecular weight excluding hydrogens is 248 g/mol. The summed E-state index contributed by atoms with van der Waals surface area (Å²) >= 11 is 0. The fourth-order valence-electron chi connectivity index (χ4n) is 1.30. The predicted octanol–water partition coefficient (Wildman–Crippen LogP) is 1.40. The number of aliphatic hydroxyl groups is 1. The lowest BCUT2D eigenvalue weighted by Gasteiger charge is -2.21. The monoisotopic (exact) mass is 270 g/mol. The number of anilines is 1. The molecule has 2 heterocycles. The van der Waals surface area contributed by atoms with E-state index < -0.39 is 6.09 Å². The Hall–Kier alpha value is -1.76. The van der Waals surface area contributed by atoms with Crippen molar-refractivity contribution in [2.75, 3.05) is 5.73 Å². The molecule has 1 amide bonds. The van der Waals surface area contributed by atoms with Crippen LogP contribution in [0, 0.1) is 5.41 Å². The molecule has 1 aliphatic heterocycles.